The van der Waals surface area contributed by atoms with E-state index in [9.17, 15) is 4.79 Å². The molecule has 0 radical (unpaired) electrons. The lowest BCUT2D eigenvalue weighted by Crippen LogP contribution is -2.26. The van der Waals surface area contributed by atoms with Gasteiger partial charge < -0.3 is 9.88 Å². The molecule has 3 rings (SSSR count). The predicted molar refractivity (Wildman–Crippen MR) is 88.4 cm³/mol. The highest BCUT2D eigenvalue weighted by Crippen LogP contribution is 2.18. The van der Waals surface area contributed by atoms with Gasteiger partial charge in [0.1, 0.15) is 5.82 Å². The molecular weight excluding hydrogens is 296 g/mol. The molecule has 2 aromatic carbocycles. The van der Waals surface area contributed by atoms with Crippen molar-refractivity contribution >= 4 is 28.9 Å². The standard InChI is InChI=1S/C16H16N4OS/c1-20-14(18-19-16(20)22)9-10-17-15(21)13-8-4-6-11-5-2-3-7-12(11)13/h2-8H,9-10H2,1H3,(H,17,21)(H,19,22). The number of aromatic amines is 1. The first kappa shape index (κ1) is 14.5. The zero-order valence-electron chi connectivity index (χ0n) is 12.2. The molecule has 0 spiro atoms. The molecule has 0 atom stereocenters. The Morgan fingerprint density at radius 2 is 2.05 bits per heavy atom. The fourth-order valence-corrected chi connectivity index (χ4v) is 2.56. The van der Waals surface area contributed by atoms with Crippen molar-refractivity contribution in [3.05, 3.63) is 58.6 Å². The summed E-state index contributed by atoms with van der Waals surface area (Å²) in [7, 11) is 1.85. The molecule has 0 aliphatic heterocycles. The highest BCUT2D eigenvalue weighted by Gasteiger charge is 2.09. The van der Waals surface area contributed by atoms with Crippen LogP contribution >= 0.6 is 12.2 Å². The number of nitrogens with one attached hydrogen (secondary N) is 2. The van der Waals surface area contributed by atoms with Gasteiger partial charge in [-0.05, 0) is 29.1 Å². The molecule has 0 saturated heterocycles. The van der Waals surface area contributed by atoms with E-state index in [0.717, 1.165) is 16.6 Å². The van der Waals surface area contributed by atoms with Crippen LogP contribution in [-0.2, 0) is 13.5 Å². The van der Waals surface area contributed by atoms with Gasteiger partial charge in [0, 0.05) is 25.6 Å². The molecule has 22 heavy (non-hydrogen) atoms. The Kier molecular flexibility index (Phi) is 4.02. The van der Waals surface area contributed by atoms with E-state index >= 15 is 0 Å². The average Bonchev–Trinajstić information content (AvgIpc) is 2.86. The van der Waals surface area contributed by atoms with Gasteiger partial charge in [0.25, 0.3) is 5.91 Å². The molecule has 0 fully saturated rings. The van der Waals surface area contributed by atoms with Crippen molar-refractivity contribution in [1.82, 2.24) is 20.1 Å². The van der Waals surface area contributed by atoms with Crippen molar-refractivity contribution in [3.63, 3.8) is 0 Å². The van der Waals surface area contributed by atoms with Gasteiger partial charge in [0.2, 0.25) is 0 Å². The Labute approximate surface area is 133 Å². The number of fused-ring (bicyclic) bond motifs is 1. The van der Waals surface area contributed by atoms with E-state index in [4.69, 9.17) is 12.2 Å². The predicted octanol–water partition coefficient (Wildman–Crippen LogP) is 2.60. The summed E-state index contributed by atoms with van der Waals surface area (Å²) in [6.07, 6.45) is 0.625. The molecule has 1 aromatic heterocycles. The second-order valence-electron chi connectivity index (χ2n) is 5.04. The number of H-pyrrole nitrogens is 1. The first-order chi connectivity index (χ1) is 10.7. The van der Waals surface area contributed by atoms with Gasteiger partial charge >= 0.3 is 0 Å². The Morgan fingerprint density at radius 1 is 1.27 bits per heavy atom. The second kappa shape index (κ2) is 6.11. The van der Waals surface area contributed by atoms with Crippen LogP contribution < -0.4 is 5.32 Å². The first-order valence-corrected chi connectivity index (χ1v) is 7.44. The monoisotopic (exact) mass is 312 g/mol. The van der Waals surface area contributed by atoms with Crippen LogP contribution in [0, 0.1) is 4.77 Å². The number of nitrogens with zero attached hydrogens (tertiary/aromatic N) is 2. The fraction of sp³-hybridized carbons (Fsp3) is 0.188. The quantitative estimate of drug-likeness (QED) is 0.728. The summed E-state index contributed by atoms with van der Waals surface area (Å²) < 4.78 is 2.38. The van der Waals surface area contributed by atoms with E-state index < -0.39 is 0 Å². The first-order valence-electron chi connectivity index (χ1n) is 7.03. The molecule has 1 heterocycles. The minimum absolute atomic E-state index is 0.0754. The number of carbonyl (C=O) groups is 1. The van der Waals surface area contributed by atoms with Gasteiger partial charge in [-0.2, -0.15) is 5.10 Å². The Hall–Kier alpha value is -2.47. The maximum atomic E-state index is 12.4. The van der Waals surface area contributed by atoms with Crippen molar-refractivity contribution in [1.29, 1.82) is 0 Å². The van der Waals surface area contributed by atoms with E-state index in [1.165, 1.54) is 0 Å². The SMILES string of the molecule is Cn1c(CCNC(=O)c2cccc3ccccc23)n[nH]c1=S. The summed E-state index contributed by atoms with van der Waals surface area (Å²) in [6, 6.07) is 13.6. The summed E-state index contributed by atoms with van der Waals surface area (Å²) in [4.78, 5) is 12.4. The summed E-state index contributed by atoms with van der Waals surface area (Å²) >= 11 is 5.06. The van der Waals surface area contributed by atoms with Gasteiger partial charge in [-0.25, -0.2) is 0 Å². The van der Waals surface area contributed by atoms with Crippen LogP contribution in [-0.4, -0.2) is 27.2 Å². The van der Waals surface area contributed by atoms with E-state index in [2.05, 4.69) is 15.5 Å². The molecule has 0 aliphatic rings. The average molecular weight is 312 g/mol. The van der Waals surface area contributed by atoms with Crippen LogP contribution in [0.15, 0.2) is 42.5 Å². The lowest BCUT2D eigenvalue weighted by Gasteiger charge is -2.08. The number of aromatic nitrogens is 3. The molecule has 0 saturated carbocycles. The molecule has 0 unspecified atom stereocenters. The second-order valence-corrected chi connectivity index (χ2v) is 5.42. The van der Waals surface area contributed by atoms with Crippen LogP contribution in [0.3, 0.4) is 0 Å². The van der Waals surface area contributed by atoms with Crippen LogP contribution in [0.5, 0.6) is 0 Å². The molecule has 6 heteroatoms. The van der Waals surface area contributed by atoms with Crippen LogP contribution in [0.25, 0.3) is 10.8 Å². The number of hydrogen-bond donors (Lipinski definition) is 2. The third-order valence-corrected chi connectivity index (χ3v) is 4.01. The molecular formula is C16H16N4OS. The third-order valence-electron chi connectivity index (χ3n) is 3.64. The third kappa shape index (κ3) is 2.78. The lowest BCUT2D eigenvalue weighted by molar-refractivity contribution is 0.0955. The summed E-state index contributed by atoms with van der Waals surface area (Å²) in [5.41, 5.74) is 0.688. The van der Waals surface area contributed by atoms with Crippen LogP contribution in [0.2, 0.25) is 0 Å². The molecule has 112 valence electrons. The largest absolute Gasteiger partial charge is 0.352 e. The molecule has 1 amide bonds. The van der Waals surface area contributed by atoms with Gasteiger partial charge in [-0.3, -0.25) is 9.89 Å². The van der Waals surface area contributed by atoms with Crippen molar-refractivity contribution in [2.45, 2.75) is 6.42 Å². The van der Waals surface area contributed by atoms with E-state index in [1.807, 2.05) is 49.5 Å². The molecule has 0 aliphatic carbocycles. The van der Waals surface area contributed by atoms with E-state index in [0.29, 0.717) is 23.3 Å². The Morgan fingerprint density at radius 3 is 2.82 bits per heavy atom. The zero-order valence-corrected chi connectivity index (χ0v) is 13.0. The van der Waals surface area contributed by atoms with E-state index in [-0.39, 0.29) is 5.91 Å². The Balaban J connectivity index is 1.71. The number of rotatable bonds is 4. The number of benzene rings is 2. The lowest BCUT2D eigenvalue weighted by atomic mass is 10.0. The summed E-state index contributed by atoms with van der Waals surface area (Å²) in [5.74, 6) is 0.747. The van der Waals surface area contributed by atoms with Gasteiger partial charge in [-0.15, -0.1) is 0 Å². The van der Waals surface area contributed by atoms with Crippen molar-refractivity contribution < 1.29 is 4.79 Å². The van der Waals surface area contributed by atoms with Crippen molar-refractivity contribution in [2.24, 2.45) is 7.05 Å². The fourth-order valence-electron chi connectivity index (χ4n) is 2.41. The number of hydrogen-bond acceptors (Lipinski definition) is 3. The molecule has 5 nitrogen and oxygen atoms in total. The topological polar surface area (TPSA) is 62.7 Å². The van der Waals surface area contributed by atoms with Crippen molar-refractivity contribution in [3.8, 4) is 0 Å². The van der Waals surface area contributed by atoms with Crippen molar-refractivity contribution in [2.75, 3.05) is 6.54 Å². The maximum Gasteiger partial charge on any atom is 0.251 e. The highest BCUT2D eigenvalue weighted by atomic mass is 32.1. The maximum absolute atomic E-state index is 12.4. The van der Waals surface area contributed by atoms with E-state index in [1.54, 1.807) is 4.57 Å². The smallest absolute Gasteiger partial charge is 0.251 e. The van der Waals surface area contributed by atoms with Gasteiger partial charge in [0.15, 0.2) is 4.77 Å². The zero-order chi connectivity index (χ0) is 15.5. The molecule has 2 N–H and O–H groups in total. The van der Waals surface area contributed by atoms with Crippen LogP contribution in [0.1, 0.15) is 16.2 Å². The summed E-state index contributed by atoms with van der Waals surface area (Å²) in [6.45, 7) is 0.509. The minimum atomic E-state index is -0.0754. The van der Waals surface area contributed by atoms with Gasteiger partial charge in [0.05, 0.1) is 0 Å². The number of amides is 1. The highest BCUT2D eigenvalue weighted by molar-refractivity contribution is 7.71. The molecule has 0 bridgehead atoms. The minimum Gasteiger partial charge on any atom is -0.352 e. The molecule has 3 aromatic rings. The Bertz CT molecular complexity index is 876. The number of carbonyl (C=O) groups excluding carboxylic acids is 1. The van der Waals surface area contributed by atoms with Gasteiger partial charge in [-0.1, -0.05) is 36.4 Å². The normalized spacial score (nSPS) is 10.8. The van der Waals surface area contributed by atoms with Crippen LogP contribution in [0.4, 0.5) is 0 Å². The summed E-state index contributed by atoms with van der Waals surface area (Å²) in [5, 5.41) is 11.8.